The molecular weight excluding hydrogens is 300 g/mol. The second kappa shape index (κ2) is 5.71. The molecule has 0 bridgehead atoms. The Morgan fingerprint density at radius 2 is 2.25 bits per heavy atom. The zero-order valence-corrected chi connectivity index (χ0v) is 10.3. The Hall–Kier alpha value is -1.28. The van der Waals surface area contributed by atoms with Crippen LogP contribution in [0.5, 0.6) is 0 Å². The van der Waals surface area contributed by atoms with Gasteiger partial charge in [0, 0.05) is 4.88 Å². The molecule has 1 aromatic rings. The molecule has 0 saturated heterocycles. The molecule has 0 aromatic carbocycles. The second-order valence-electron chi connectivity index (χ2n) is 2.77. The van der Waals surface area contributed by atoms with E-state index >= 15 is 0 Å². The molecule has 6 nitrogen and oxygen atoms in total. The highest BCUT2D eigenvalue weighted by Crippen LogP contribution is 2.28. The van der Waals surface area contributed by atoms with E-state index in [0.717, 1.165) is 3.79 Å². The number of hydrogen-bond donors (Lipinski definition) is 1. The van der Waals surface area contributed by atoms with Crippen molar-refractivity contribution in [2.24, 2.45) is 10.9 Å². The van der Waals surface area contributed by atoms with Gasteiger partial charge in [-0.25, -0.2) is 4.79 Å². The fourth-order valence-corrected chi connectivity index (χ4v) is 2.52. The number of carbonyl (C=O) groups excluding carboxylic acids is 2. The van der Waals surface area contributed by atoms with E-state index in [1.807, 2.05) is 5.18 Å². The average Bonchev–Trinajstić information content (AvgIpc) is 2.64. The lowest BCUT2D eigenvalue weighted by Crippen LogP contribution is -2.25. The van der Waals surface area contributed by atoms with E-state index in [-0.39, 0.29) is 6.61 Å². The minimum absolute atomic E-state index is 0.285. The molecule has 16 heavy (non-hydrogen) atoms. The largest absolute Gasteiger partial charge is 0.470 e. The lowest BCUT2D eigenvalue weighted by Gasteiger charge is -2.09. The van der Waals surface area contributed by atoms with E-state index < -0.39 is 17.9 Å². The normalized spacial score (nSPS) is 11.8. The van der Waals surface area contributed by atoms with E-state index in [2.05, 4.69) is 20.7 Å². The number of nitrogens with two attached hydrogens (primary N) is 1. The molecule has 0 radical (unpaired) electrons. The highest BCUT2D eigenvalue weighted by molar-refractivity contribution is 9.11. The van der Waals surface area contributed by atoms with Crippen molar-refractivity contribution < 1.29 is 14.3 Å². The molecule has 0 saturated carbocycles. The Morgan fingerprint density at radius 3 is 2.69 bits per heavy atom. The molecule has 86 valence electrons. The van der Waals surface area contributed by atoms with Crippen LogP contribution in [0.2, 0.25) is 0 Å². The van der Waals surface area contributed by atoms with Gasteiger partial charge in [0.2, 0.25) is 5.91 Å². The maximum absolute atomic E-state index is 11.1. The summed E-state index contributed by atoms with van der Waals surface area (Å²) in [5, 5.41) is 2.05. The molecule has 1 aromatic heterocycles. The molecule has 1 atom stereocenters. The molecule has 1 rings (SSSR count). The first-order chi connectivity index (χ1) is 7.54. The Bertz CT molecular complexity index is 420. The summed E-state index contributed by atoms with van der Waals surface area (Å²) in [4.78, 5) is 32.1. The fourth-order valence-electron chi connectivity index (χ4n) is 1.00. The van der Waals surface area contributed by atoms with Crippen molar-refractivity contribution in [1.82, 2.24) is 0 Å². The maximum atomic E-state index is 11.1. The molecule has 0 aliphatic heterocycles. The third-order valence-corrected chi connectivity index (χ3v) is 3.47. The molecule has 2 N–H and O–H groups in total. The number of primary amides is 1. The highest BCUT2D eigenvalue weighted by atomic mass is 79.9. The van der Waals surface area contributed by atoms with Crippen LogP contribution < -0.4 is 5.73 Å². The number of ether oxygens (including phenoxy) is 1. The smallest absolute Gasteiger partial charge is 0.445 e. The first-order valence-corrected chi connectivity index (χ1v) is 5.70. The number of thiophene rings is 1. The quantitative estimate of drug-likeness (QED) is 0.860. The van der Waals surface area contributed by atoms with E-state index in [1.165, 1.54) is 11.3 Å². The van der Waals surface area contributed by atoms with Crippen LogP contribution in [0.3, 0.4) is 0 Å². The van der Waals surface area contributed by atoms with E-state index in [0.29, 0.717) is 4.88 Å². The summed E-state index contributed by atoms with van der Waals surface area (Å²) in [5.74, 6) is -1.39. The van der Waals surface area contributed by atoms with Crippen molar-refractivity contribution in [2.75, 3.05) is 6.61 Å². The maximum Gasteiger partial charge on any atom is 0.470 e. The molecule has 1 heterocycles. The third-order valence-electron chi connectivity index (χ3n) is 1.73. The van der Waals surface area contributed by atoms with E-state index in [4.69, 9.17) is 5.73 Å². The molecule has 0 aliphatic rings. The topological polar surface area (TPSA) is 98.8 Å². The molecular formula is C8H7BrN2O4S. The number of halogens is 1. The molecule has 0 unspecified atom stereocenters. The van der Waals surface area contributed by atoms with Crippen molar-refractivity contribution in [3.63, 3.8) is 0 Å². The highest BCUT2D eigenvalue weighted by Gasteiger charge is 2.21. The first-order valence-electron chi connectivity index (χ1n) is 4.09. The number of nitroso groups, excluding NO2 is 1. The first kappa shape index (κ1) is 12.8. The van der Waals surface area contributed by atoms with Crippen LogP contribution in [-0.2, 0) is 9.53 Å². The fraction of sp³-hybridized carbons (Fsp3) is 0.250. The van der Waals surface area contributed by atoms with Crippen LogP contribution >= 0.6 is 27.3 Å². The molecule has 0 fully saturated rings. The zero-order valence-electron chi connectivity index (χ0n) is 7.88. The van der Waals surface area contributed by atoms with Gasteiger partial charge in [-0.15, -0.1) is 16.2 Å². The SMILES string of the molecule is NC(=O)[C@@H](COC(=O)N=O)c1ccc(Br)s1. The Balaban J connectivity index is 2.72. The van der Waals surface area contributed by atoms with Gasteiger partial charge in [-0.05, 0) is 28.1 Å². The van der Waals surface area contributed by atoms with Crippen LogP contribution in [0.1, 0.15) is 10.8 Å². The molecule has 0 aliphatic carbocycles. The van der Waals surface area contributed by atoms with Gasteiger partial charge < -0.3 is 10.5 Å². The Morgan fingerprint density at radius 1 is 1.56 bits per heavy atom. The van der Waals surface area contributed by atoms with Crippen molar-refractivity contribution >= 4 is 39.3 Å². The van der Waals surface area contributed by atoms with Crippen LogP contribution in [0.15, 0.2) is 21.1 Å². The van der Waals surface area contributed by atoms with Crippen LogP contribution in [0, 0.1) is 4.91 Å². The Labute approximate surface area is 103 Å². The number of amides is 2. The van der Waals surface area contributed by atoms with Gasteiger partial charge in [0.15, 0.2) is 0 Å². The average molecular weight is 307 g/mol. The summed E-state index contributed by atoms with van der Waals surface area (Å²) < 4.78 is 5.28. The lowest BCUT2D eigenvalue weighted by molar-refractivity contribution is -0.120. The van der Waals surface area contributed by atoms with Crippen molar-refractivity contribution in [2.45, 2.75) is 5.92 Å². The van der Waals surface area contributed by atoms with Crippen molar-refractivity contribution in [3.8, 4) is 0 Å². The van der Waals surface area contributed by atoms with Crippen molar-refractivity contribution in [3.05, 3.63) is 25.7 Å². The second-order valence-corrected chi connectivity index (χ2v) is 5.26. The van der Waals surface area contributed by atoms with Gasteiger partial charge in [0.1, 0.15) is 12.5 Å². The number of nitrogens with zero attached hydrogens (tertiary/aromatic N) is 1. The van der Waals surface area contributed by atoms with E-state index in [1.54, 1.807) is 12.1 Å². The van der Waals surface area contributed by atoms with Gasteiger partial charge in [0.05, 0.1) is 8.96 Å². The predicted molar refractivity (Wildman–Crippen MR) is 61.1 cm³/mol. The molecule has 0 spiro atoms. The van der Waals surface area contributed by atoms with Crippen molar-refractivity contribution in [1.29, 1.82) is 0 Å². The van der Waals surface area contributed by atoms with Crippen LogP contribution in [0.25, 0.3) is 0 Å². The number of rotatable bonds is 4. The van der Waals surface area contributed by atoms with Gasteiger partial charge in [-0.2, -0.15) is 0 Å². The van der Waals surface area contributed by atoms with Gasteiger partial charge in [-0.3, -0.25) is 4.79 Å². The van der Waals surface area contributed by atoms with Crippen LogP contribution in [-0.4, -0.2) is 18.6 Å². The summed E-state index contributed by atoms with van der Waals surface area (Å²) in [5.41, 5.74) is 5.16. The van der Waals surface area contributed by atoms with Gasteiger partial charge in [-0.1, -0.05) is 0 Å². The summed E-state index contributed by atoms with van der Waals surface area (Å²) in [6, 6.07) is 3.43. The lowest BCUT2D eigenvalue weighted by atomic mass is 10.1. The summed E-state index contributed by atoms with van der Waals surface area (Å²) >= 11 is 4.53. The monoisotopic (exact) mass is 306 g/mol. The van der Waals surface area contributed by atoms with Gasteiger partial charge in [0.25, 0.3) is 0 Å². The molecule has 8 heteroatoms. The van der Waals surface area contributed by atoms with E-state index in [9.17, 15) is 14.5 Å². The molecule has 2 amide bonds. The minimum atomic E-state index is -1.26. The van der Waals surface area contributed by atoms with Crippen LogP contribution in [0.4, 0.5) is 4.79 Å². The minimum Gasteiger partial charge on any atom is -0.445 e. The number of carbonyl (C=O) groups is 2. The summed E-state index contributed by atoms with van der Waals surface area (Å²) in [6.07, 6.45) is -1.26. The summed E-state index contributed by atoms with van der Waals surface area (Å²) in [7, 11) is 0. The summed E-state index contributed by atoms with van der Waals surface area (Å²) in [6.45, 7) is -0.285. The third kappa shape index (κ3) is 3.38. The Kier molecular flexibility index (Phi) is 4.56. The van der Waals surface area contributed by atoms with Gasteiger partial charge >= 0.3 is 6.09 Å². The number of hydrogen-bond acceptors (Lipinski definition) is 5. The predicted octanol–water partition coefficient (Wildman–Crippen LogP) is 1.98. The standard InChI is InChI=1S/C8H7BrN2O4S/c9-6-2-1-5(16-6)4(7(10)12)3-15-8(13)11-14/h1-2,4H,3H2,(H2,10,12)/t4-/m0/s1. The zero-order chi connectivity index (χ0) is 12.1.